The Balaban J connectivity index is 2.00. The van der Waals surface area contributed by atoms with Crippen LogP contribution in [0.3, 0.4) is 0 Å². The number of fused-ring (bicyclic) bond motifs is 1. The molecule has 7 nitrogen and oxygen atoms in total. The molecule has 4 aromatic rings. The van der Waals surface area contributed by atoms with Crippen molar-refractivity contribution in [1.82, 2.24) is 4.98 Å². The summed E-state index contributed by atoms with van der Waals surface area (Å²) in [6.07, 6.45) is 4.19. The van der Waals surface area contributed by atoms with Gasteiger partial charge >= 0.3 is 0 Å². The second-order valence-electron chi connectivity index (χ2n) is 6.27. The van der Waals surface area contributed by atoms with E-state index < -0.39 is 16.3 Å². The summed E-state index contributed by atoms with van der Waals surface area (Å²) in [6.45, 7) is 0. The molecule has 29 heavy (non-hydrogen) atoms. The average Bonchev–Trinajstić information content (AvgIpc) is 3.25. The summed E-state index contributed by atoms with van der Waals surface area (Å²) in [6, 6.07) is 16.3. The van der Waals surface area contributed by atoms with Crippen molar-refractivity contribution >= 4 is 28.4 Å². The lowest BCUT2D eigenvalue weighted by molar-refractivity contribution is -0.384. The van der Waals surface area contributed by atoms with Crippen molar-refractivity contribution in [1.29, 1.82) is 0 Å². The van der Waals surface area contributed by atoms with Crippen LogP contribution in [-0.2, 0) is 0 Å². The number of H-pyrrole nitrogens is 1. The molecule has 0 atom stereocenters. The lowest BCUT2D eigenvalue weighted by Gasteiger charge is -2.11. The number of benzene rings is 2. The standard InChI is InChI=1S/C22H14N2O5/c25-19(11-9-16-7-4-12-29-16)21-20(14-5-2-1-3-6-14)17-13-15(24(27)28)8-10-18(17)23-22(21)26/h1-13H,(H,23,26)/b11-9+. The molecule has 0 aliphatic carbocycles. The molecule has 0 aliphatic heterocycles. The molecule has 2 aromatic heterocycles. The number of hydrogen-bond acceptors (Lipinski definition) is 5. The van der Waals surface area contributed by atoms with E-state index in [1.165, 1.54) is 36.6 Å². The number of allylic oxidation sites excluding steroid dienone is 1. The third-order valence-electron chi connectivity index (χ3n) is 4.46. The highest BCUT2D eigenvalue weighted by atomic mass is 16.6. The molecule has 0 bridgehead atoms. The Hall–Kier alpha value is -4.26. The highest BCUT2D eigenvalue weighted by molar-refractivity contribution is 6.15. The Morgan fingerprint density at radius 1 is 1.07 bits per heavy atom. The molecule has 4 rings (SSSR count). The van der Waals surface area contributed by atoms with Crippen molar-refractivity contribution in [2.45, 2.75) is 0 Å². The maximum absolute atomic E-state index is 12.9. The number of nitrogens with one attached hydrogen (secondary N) is 1. The zero-order chi connectivity index (χ0) is 20.4. The number of aromatic amines is 1. The molecule has 0 radical (unpaired) electrons. The molecule has 1 N–H and O–H groups in total. The molecule has 0 amide bonds. The van der Waals surface area contributed by atoms with Gasteiger partial charge in [0.1, 0.15) is 5.76 Å². The summed E-state index contributed by atoms with van der Waals surface area (Å²) in [5.41, 5.74) is 0.574. The van der Waals surface area contributed by atoms with Gasteiger partial charge in [-0.3, -0.25) is 19.7 Å². The van der Waals surface area contributed by atoms with E-state index in [9.17, 15) is 19.7 Å². The number of non-ortho nitro benzene ring substituents is 1. The van der Waals surface area contributed by atoms with Crippen molar-refractivity contribution in [3.05, 3.63) is 105 Å². The zero-order valence-corrected chi connectivity index (χ0v) is 15.0. The van der Waals surface area contributed by atoms with Gasteiger partial charge in [-0.1, -0.05) is 30.3 Å². The van der Waals surface area contributed by atoms with E-state index in [4.69, 9.17) is 4.42 Å². The number of furan rings is 1. The third kappa shape index (κ3) is 3.49. The average molecular weight is 386 g/mol. The Labute approximate surface area is 164 Å². The van der Waals surface area contributed by atoms with Crippen LogP contribution in [0.4, 0.5) is 5.69 Å². The first-order valence-electron chi connectivity index (χ1n) is 8.70. The number of rotatable bonds is 5. The maximum atomic E-state index is 12.9. The van der Waals surface area contributed by atoms with Crippen molar-refractivity contribution < 1.29 is 14.1 Å². The summed E-state index contributed by atoms with van der Waals surface area (Å²) in [5.74, 6) is -0.0672. The molecule has 0 unspecified atom stereocenters. The second-order valence-corrected chi connectivity index (χ2v) is 6.27. The molecular formula is C22H14N2O5. The van der Waals surface area contributed by atoms with Crippen LogP contribution in [0, 0.1) is 10.1 Å². The predicted molar refractivity (Wildman–Crippen MR) is 109 cm³/mol. The van der Waals surface area contributed by atoms with Crippen LogP contribution in [0.1, 0.15) is 16.1 Å². The summed E-state index contributed by atoms with van der Waals surface area (Å²) in [5, 5.41) is 11.7. The number of nitro groups is 1. The fraction of sp³-hybridized carbons (Fsp3) is 0. The summed E-state index contributed by atoms with van der Waals surface area (Å²) < 4.78 is 5.18. The van der Waals surface area contributed by atoms with Crippen LogP contribution >= 0.6 is 0 Å². The van der Waals surface area contributed by atoms with Gasteiger partial charge in [0, 0.05) is 28.6 Å². The Morgan fingerprint density at radius 3 is 2.55 bits per heavy atom. The molecule has 142 valence electrons. The van der Waals surface area contributed by atoms with Crippen LogP contribution in [0.2, 0.25) is 0 Å². The Bertz CT molecular complexity index is 1300. The number of nitrogens with zero attached hydrogens (tertiary/aromatic N) is 1. The lowest BCUT2D eigenvalue weighted by atomic mass is 9.93. The first kappa shape index (κ1) is 18.1. The van der Waals surface area contributed by atoms with Gasteiger partial charge in [0.2, 0.25) is 0 Å². The van der Waals surface area contributed by atoms with E-state index >= 15 is 0 Å². The van der Waals surface area contributed by atoms with Gasteiger partial charge in [0.25, 0.3) is 11.2 Å². The van der Waals surface area contributed by atoms with Crippen LogP contribution in [0.5, 0.6) is 0 Å². The normalized spacial score (nSPS) is 11.2. The lowest BCUT2D eigenvalue weighted by Crippen LogP contribution is -2.18. The van der Waals surface area contributed by atoms with E-state index in [0.29, 0.717) is 27.8 Å². The summed E-state index contributed by atoms with van der Waals surface area (Å²) in [4.78, 5) is 39.1. The number of ketones is 1. The molecule has 2 aromatic carbocycles. The highest BCUT2D eigenvalue weighted by Crippen LogP contribution is 2.32. The van der Waals surface area contributed by atoms with Gasteiger partial charge in [-0.25, -0.2) is 0 Å². The number of carbonyl (C=O) groups is 1. The van der Waals surface area contributed by atoms with E-state index in [-0.39, 0.29) is 11.3 Å². The fourth-order valence-electron chi connectivity index (χ4n) is 3.16. The molecule has 0 saturated carbocycles. The van der Waals surface area contributed by atoms with Gasteiger partial charge in [-0.05, 0) is 35.9 Å². The van der Waals surface area contributed by atoms with Gasteiger partial charge in [0.15, 0.2) is 5.78 Å². The Kier molecular flexibility index (Phi) is 4.62. The monoisotopic (exact) mass is 386 g/mol. The molecule has 2 heterocycles. The number of carbonyl (C=O) groups excluding carboxylic acids is 1. The predicted octanol–water partition coefficient (Wildman–Crippen LogP) is 4.59. The largest absolute Gasteiger partial charge is 0.465 e. The number of hydrogen-bond donors (Lipinski definition) is 1. The first-order chi connectivity index (χ1) is 14.0. The molecule has 0 aliphatic rings. The van der Waals surface area contributed by atoms with Gasteiger partial charge in [0.05, 0.1) is 16.7 Å². The van der Waals surface area contributed by atoms with E-state index in [0.717, 1.165) is 0 Å². The quantitative estimate of drug-likeness (QED) is 0.234. The van der Waals surface area contributed by atoms with Gasteiger partial charge in [-0.15, -0.1) is 0 Å². The molecule has 0 saturated heterocycles. The minimum atomic E-state index is -0.570. The molecule has 7 heteroatoms. The van der Waals surface area contributed by atoms with Crippen LogP contribution in [0.25, 0.3) is 28.1 Å². The topological polar surface area (TPSA) is 106 Å². The number of aromatic nitrogens is 1. The first-order valence-corrected chi connectivity index (χ1v) is 8.70. The minimum Gasteiger partial charge on any atom is -0.465 e. The smallest absolute Gasteiger partial charge is 0.270 e. The van der Waals surface area contributed by atoms with Gasteiger partial charge in [-0.2, -0.15) is 0 Å². The Morgan fingerprint density at radius 2 is 1.86 bits per heavy atom. The summed E-state index contributed by atoms with van der Waals surface area (Å²) in [7, 11) is 0. The van der Waals surface area contributed by atoms with E-state index in [1.807, 2.05) is 0 Å². The number of nitro benzene ring substituents is 1. The molecule has 0 fully saturated rings. The number of pyridine rings is 1. The molecular weight excluding hydrogens is 372 g/mol. The van der Waals surface area contributed by atoms with Crippen molar-refractivity contribution in [3.63, 3.8) is 0 Å². The zero-order valence-electron chi connectivity index (χ0n) is 15.0. The van der Waals surface area contributed by atoms with Crippen LogP contribution < -0.4 is 5.56 Å². The fourth-order valence-corrected chi connectivity index (χ4v) is 3.16. The van der Waals surface area contributed by atoms with Gasteiger partial charge < -0.3 is 9.40 Å². The van der Waals surface area contributed by atoms with E-state index in [2.05, 4.69) is 4.98 Å². The molecule has 0 spiro atoms. The van der Waals surface area contributed by atoms with E-state index in [1.54, 1.807) is 42.5 Å². The second kappa shape index (κ2) is 7.40. The summed E-state index contributed by atoms with van der Waals surface area (Å²) >= 11 is 0. The van der Waals surface area contributed by atoms with Crippen molar-refractivity contribution in [3.8, 4) is 11.1 Å². The minimum absolute atomic E-state index is 0.0907. The van der Waals surface area contributed by atoms with Crippen LogP contribution in [-0.4, -0.2) is 15.7 Å². The highest BCUT2D eigenvalue weighted by Gasteiger charge is 2.21. The van der Waals surface area contributed by atoms with Crippen molar-refractivity contribution in [2.24, 2.45) is 0 Å². The van der Waals surface area contributed by atoms with Crippen LogP contribution in [0.15, 0.2) is 82.2 Å². The maximum Gasteiger partial charge on any atom is 0.270 e. The SMILES string of the molecule is O=C(/C=C/c1ccco1)c1c(-c2ccccc2)c2cc([N+](=O)[O-])ccc2[nH]c1=O. The van der Waals surface area contributed by atoms with Crippen molar-refractivity contribution in [2.75, 3.05) is 0 Å². The third-order valence-corrected chi connectivity index (χ3v) is 4.46.